The van der Waals surface area contributed by atoms with Crippen LogP contribution in [0.2, 0.25) is 0 Å². The van der Waals surface area contributed by atoms with Gasteiger partial charge in [0.05, 0.1) is 6.10 Å². The second kappa shape index (κ2) is 10.6. The molecule has 0 bridgehead atoms. The maximum Gasteiger partial charge on any atom is 0.0609 e. The lowest BCUT2D eigenvalue weighted by Crippen LogP contribution is -2.59. The van der Waals surface area contributed by atoms with E-state index in [1.165, 1.54) is 13.5 Å². The van der Waals surface area contributed by atoms with Gasteiger partial charge < -0.3 is 20.9 Å². The maximum absolute atomic E-state index is 8.82. The average molecular weight is 317 g/mol. The second-order valence-corrected chi connectivity index (χ2v) is 7.91. The summed E-state index contributed by atoms with van der Waals surface area (Å²) in [6.45, 7) is 12.5. The Hall–Kier alpha value is -0.160. The van der Waals surface area contributed by atoms with Crippen molar-refractivity contribution in [3.63, 3.8) is 0 Å². The van der Waals surface area contributed by atoms with Crippen molar-refractivity contribution in [2.45, 2.75) is 90.3 Å². The SMILES string of the molecule is CC(CCCO)CCCOC1CC(C)(C)NC(C)(C)C1.CN. The fourth-order valence-corrected chi connectivity index (χ4v) is 3.61. The van der Waals surface area contributed by atoms with E-state index in [1.807, 2.05) is 0 Å². The number of aliphatic hydroxyl groups excluding tert-OH is 1. The molecule has 1 aliphatic heterocycles. The molecule has 0 aromatic rings. The predicted octanol–water partition coefficient (Wildman–Crippen LogP) is 3.08. The van der Waals surface area contributed by atoms with Crippen LogP contribution in [-0.2, 0) is 4.74 Å². The van der Waals surface area contributed by atoms with Crippen LogP contribution in [0, 0.1) is 5.92 Å². The Labute approximate surface area is 138 Å². The molecule has 0 saturated carbocycles. The Morgan fingerprint density at radius 3 is 2.09 bits per heavy atom. The van der Waals surface area contributed by atoms with E-state index in [0.29, 0.717) is 18.6 Å². The van der Waals surface area contributed by atoms with Crippen molar-refractivity contribution < 1.29 is 9.84 Å². The fraction of sp³-hybridized carbons (Fsp3) is 1.00. The smallest absolute Gasteiger partial charge is 0.0609 e. The summed E-state index contributed by atoms with van der Waals surface area (Å²) < 4.78 is 6.12. The lowest BCUT2D eigenvalue weighted by molar-refractivity contribution is -0.0235. The molecular formula is C18H40N2O2. The number of hydrogen-bond donors (Lipinski definition) is 3. The van der Waals surface area contributed by atoms with Crippen molar-refractivity contribution >= 4 is 0 Å². The van der Waals surface area contributed by atoms with Gasteiger partial charge in [0.25, 0.3) is 0 Å². The number of hydrogen-bond acceptors (Lipinski definition) is 4. The first-order valence-electron chi connectivity index (χ1n) is 8.84. The molecule has 134 valence electrons. The molecular weight excluding hydrogens is 276 g/mol. The van der Waals surface area contributed by atoms with Crippen LogP contribution in [0.3, 0.4) is 0 Å². The third-order valence-electron chi connectivity index (χ3n) is 4.20. The molecule has 1 saturated heterocycles. The van der Waals surface area contributed by atoms with Crippen LogP contribution >= 0.6 is 0 Å². The highest BCUT2D eigenvalue weighted by molar-refractivity contribution is 4.97. The van der Waals surface area contributed by atoms with Gasteiger partial charge in [-0.2, -0.15) is 0 Å². The monoisotopic (exact) mass is 316 g/mol. The van der Waals surface area contributed by atoms with Crippen molar-refractivity contribution in [1.29, 1.82) is 0 Å². The minimum absolute atomic E-state index is 0.167. The number of aliphatic hydroxyl groups is 1. The minimum Gasteiger partial charge on any atom is -0.396 e. The van der Waals surface area contributed by atoms with E-state index in [-0.39, 0.29) is 11.1 Å². The summed E-state index contributed by atoms with van der Waals surface area (Å²) in [5, 5.41) is 12.5. The summed E-state index contributed by atoms with van der Waals surface area (Å²) in [4.78, 5) is 0. The molecule has 1 unspecified atom stereocenters. The number of piperidine rings is 1. The van der Waals surface area contributed by atoms with Crippen molar-refractivity contribution in [1.82, 2.24) is 5.32 Å². The standard InChI is InChI=1S/C17H35NO2.CH5N/c1-14(8-6-10-19)9-7-11-20-15-12-16(2,3)18-17(4,5)13-15;1-2/h14-15,18-19H,6-13H2,1-5H3;2H2,1H3. The molecule has 0 radical (unpaired) electrons. The van der Waals surface area contributed by atoms with Crippen LogP contribution in [-0.4, -0.2) is 42.5 Å². The molecule has 1 fully saturated rings. The van der Waals surface area contributed by atoms with E-state index in [2.05, 4.69) is 45.7 Å². The number of ether oxygens (including phenoxy) is 1. The maximum atomic E-state index is 8.82. The van der Waals surface area contributed by atoms with Gasteiger partial charge in [-0.15, -0.1) is 0 Å². The zero-order valence-electron chi connectivity index (χ0n) is 15.7. The van der Waals surface area contributed by atoms with Gasteiger partial charge in [-0.05, 0) is 79.2 Å². The number of nitrogens with one attached hydrogen (secondary N) is 1. The molecule has 1 heterocycles. The molecule has 0 aromatic heterocycles. The molecule has 0 spiro atoms. The highest BCUT2D eigenvalue weighted by Crippen LogP contribution is 2.30. The molecule has 0 aromatic carbocycles. The van der Waals surface area contributed by atoms with Crippen molar-refractivity contribution in [2.75, 3.05) is 20.3 Å². The summed E-state index contributed by atoms with van der Waals surface area (Å²) in [6.07, 6.45) is 6.97. The molecule has 4 nitrogen and oxygen atoms in total. The van der Waals surface area contributed by atoms with E-state index in [4.69, 9.17) is 9.84 Å². The zero-order valence-corrected chi connectivity index (χ0v) is 15.7. The summed E-state index contributed by atoms with van der Waals surface area (Å²) in [5.41, 5.74) is 4.83. The minimum atomic E-state index is 0.167. The quantitative estimate of drug-likeness (QED) is 0.602. The highest BCUT2D eigenvalue weighted by atomic mass is 16.5. The Bertz CT molecular complexity index is 264. The highest BCUT2D eigenvalue weighted by Gasteiger charge is 2.37. The Morgan fingerprint density at radius 1 is 1.09 bits per heavy atom. The normalized spacial score (nSPS) is 21.8. The molecule has 1 rings (SSSR count). The summed E-state index contributed by atoms with van der Waals surface area (Å²) >= 11 is 0. The van der Waals surface area contributed by atoms with Crippen molar-refractivity contribution in [2.24, 2.45) is 11.7 Å². The van der Waals surface area contributed by atoms with Crippen LogP contribution in [0.15, 0.2) is 0 Å². The Morgan fingerprint density at radius 2 is 1.59 bits per heavy atom. The van der Waals surface area contributed by atoms with Crippen LogP contribution in [0.25, 0.3) is 0 Å². The first-order chi connectivity index (χ1) is 10.2. The summed E-state index contributed by atoms with van der Waals surface area (Å²) in [6, 6.07) is 0. The van der Waals surface area contributed by atoms with Crippen molar-refractivity contribution in [3.05, 3.63) is 0 Å². The lowest BCUT2D eigenvalue weighted by atomic mass is 9.81. The molecule has 0 amide bonds. The van der Waals surface area contributed by atoms with E-state index < -0.39 is 0 Å². The van der Waals surface area contributed by atoms with Gasteiger partial charge in [0.15, 0.2) is 0 Å². The third kappa shape index (κ3) is 9.78. The van der Waals surface area contributed by atoms with Gasteiger partial charge >= 0.3 is 0 Å². The molecule has 4 N–H and O–H groups in total. The molecule has 1 aliphatic rings. The summed E-state index contributed by atoms with van der Waals surface area (Å²) in [7, 11) is 1.50. The van der Waals surface area contributed by atoms with Gasteiger partial charge in [-0.25, -0.2) is 0 Å². The van der Waals surface area contributed by atoms with Crippen LogP contribution in [0.1, 0.15) is 73.1 Å². The zero-order chi connectivity index (χ0) is 17.2. The van der Waals surface area contributed by atoms with Gasteiger partial charge in [0.2, 0.25) is 0 Å². The second-order valence-electron chi connectivity index (χ2n) is 7.91. The topological polar surface area (TPSA) is 67.5 Å². The van der Waals surface area contributed by atoms with E-state index >= 15 is 0 Å². The summed E-state index contributed by atoms with van der Waals surface area (Å²) in [5.74, 6) is 0.701. The first kappa shape index (κ1) is 21.8. The van der Waals surface area contributed by atoms with Gasteiger partial charge in [0.1, 0.15) is 0 Å². The van der Waals surface area contributed by atoms with E-state index in [1.54, 1.807) is 0 Å². The molecule has 4 heteroatoms. The van der Waals surface area contributed by atoms with Crippen LogP contribution < -0.4 is 11.1 Å². The number of nitrogens with two attached hydrogens (primary N) is 1. The van der Waals surface area contributed by atoms with E-state index in [9.17, 15) is 0 Å². The third-order valence-corrected chi connectivity index (χ3v) is 4.20. The lowest BCUT2D eigenvalue weighted by Gasteiger charge is -2.46. The fourth-order valence-electron chi connectivity index (χ4n) is 3.61. The van der Waals surface area contributed by atoms with Gasteiger partial charge in [-0.3, -0.25) is 0 Å². The van der Waals surface area contributed by atoms with Crippen LogP contribution in [0.5, 0.6) is 0 Å². The predicted molar refractivity (Wildman–Crippen MR) is 95.1 cm³/mol. The van der Waals surface area contributed by atoms with Gasteiger partial charge in [0, 0.05) is 24.3 Å². The van der Waals surface area contributed by atoms with E-state index in [0.717, 1.165) is 38.7 Å². The molecule has 22 heavy (non-hydrogen) atoms. The van der Waals surface area contributed by atoms with Gasteiger partial charge in [-0.1, -0.05) is 6.92 Å². The van der Waals surface area contributed by atoms with Crippen LogP contribution in [0.4, 0.5) is 0 Å². The number of rotatable bonds is 8. The molecule has 0 aliphatic carbocycles. The Balaban J connectivity index is 0.00000211. The Kier molecular flexibility index (Phi) is 10.5. The largest absolute Gasteiger partial charge is 0.396 e. The average Bonchev–Trinajstić information content (AvgIpc) is 2.40. The first-order valence-corrected chi connectivity index (χ1v) is 8.84. The van der Waals surface area contributed by atoms with Crippen molar-refractivity contribution in [3.8, 4) is 0 Å². The molecule has 1 atom stereocenters.